The summed E-state index contributed by atoms with van der Waals surface area (Å²) in [7, 11) is 1.63. The number of benzene rings is 2. The summed E-state index contributed by atoms with van der Waals surface area (Å²) in [5.41, 5.74) is 1.23. The van der Waals surface area contributed by atoms with Gasteiger partial charge in [0.2, 0.25) is 0 Å². The van der Waals surface area contributed by atoms with E-state index in [1.807, 2.05) is 72.7 Å². The Bertz CT molecular complexity index is 1440. The van der Waals surface area contributed by atoms with Gasteiger partial charge in [-0.25, -0.2) is 4.79 Å². The monoisotopic (exact) mass is 563 g/mol. The number of carbonyl (C=O) groups excluding carboxylic acids is 1. The minimum atomic E-state index is -0.592. The van der Waals surface area contributed by atoms with Gasteiger partial charge >= 0.3 is 6.09 Å². The lowest BCUT2D eigenvalue weighted by Crippen LogP contribution is -2.51. The largest absolute Gasteiger partial charge is 0.497 e. The number of methoxy groups -OCH3 is 1. The highest BCUT2D eigenvalue weighted by Gasteiger charge is 2.33. The van der Waals surface area contributed by atoms with E-state index in [2.05, 4.69) is 11.8 Å². The van der Waals surface area contributed by atoms with Crippen molar-refractivity contribution in [1.29, 1.82) is 0 Å². The number of piperidine rings is 1. The molecule has 5 rings (SSSR count). The van der Waals surface area contributed by atoms with Gasteiger partial charge in [-0.15, -0.1) is 0 Å². The van der Waals surface area contributed by atoms with Crippen LogP contribution in [0.25, 0.3) is 10.9 Å². The van der Waals surface area contributed by atoms with Gasteiger partial charge in [-0.1, -0.05) is 6.07 Å². The molecule has 0 N–H and O–H groups in total. The molecule has 2 aliphatic heterocycles. The minimum absolute atomic E-state index is 0.0250. The standard InChI is InChI=1S/C32H41N3O6/c1-22(20-35-27-19-26(38-5)9-7-24(27)8-11-30(35)36)33-14-12-25(13-15-33)34(31(37)41-32(2,3)4)21-23-6-10-28-29(18-23)40-17-16-39-28/h6-11,18-19,22,25H,12-17,20-21H2,1-5H3. The van der Waals surface area contributed by atoms with E-state index in [9.17, 15) is 9.59 Å². The zero-order valence-electron chi connectivity index (χ0n) is 24.7. The van der Waals surface area contributed by atoms with Gasteiger partial charge in [0.1, 0.15) is 24.6 Å². The first-order valence-electron chi connectivity index (χ1n) is 14.4. The molecule has 2 aliphatic rings. The van der Waals surface area contributed by atoms with Crippen molar-refractivity contribution in [3.63, 3.8) is 0 Å². The van der Waals surface area contributed by atoms with E-state index in [0.29, 0.717) is 32.1 Å². The second kappa shape index (κ2) is 12.0. The number of hydrogen-bond acceptors (Lipinski definition) is 7. The Hall–Kier alpha value is -3.72. The first-order chi connectivity index (χ1) is 19.6. The number of rotatable bonds is 7. The lowest BCUT2D eigenvalue weighted by molar-refractivity contribution is 0.00338. The summed E-state index contributed by atoms with van der Waals surface area (Å²) >= 11 is 0. The van der Waals surface area contributed by atoms with Gasteiger partial charge in [0.05, 0.1) is 12.6 Å². The molecule has 0 radical (unpaired) electrons. The topological polar surface area (TPSA) is 82.5 Å². The minimum Gasteiger partial charge on any atom is -0.497 e. The van der Waals surface area contributed by atoms with Crippen LogP contribution in [0.5, 0.6) is 17.2 Å². The van der Waals surface area contributed by atoms with Crippen LogP contribution in [0, 0.1) is 0 Å². The number of aromatic nitrogens is 1. The summed E-state index contributed by atoms with van der Waals surface area (Å²) in [6.07, 6.45) is 1.31. The fourth-order valence-electron chi connectivity index (χ4n) is 5.65. The SMILES string of the molecule is COc1ccc2ccc(=O)n(CC(C)N3CCC(N(Cc4ccc5c(c4)OCCO5)C(=O)OC(C)(C)C)CC3)c2c1. The van der Waals surface area contributed by atoms with Crippen LogP contribution < -0.4 is 19.8 Å². The molecular weight excluding hydrogens is 522 g/mol. The fourth-order valence-corrected chi connectivity index (χ4v) is 5.65. The number of carbonyl (C=O) groups is 1. The van der Waals surface area contributed by atoms with Gasteiger partial charge in [0.15, 0.2) is 11.5 Å². The van der Waals surface area contributed by atoms with E-state index in [4.69, 9.17) is 18.9 Å². The van der Waals surface area contributed by atoms with Crippen molar-refractivity contribution >= 4 is 17.0 Å². The van der Waals surface area contributed by atoms with E-state index < -0.39 is 5.60 Å². The highest BCUT2D eigenvalue weighted by molar-refractivity contribution is 5.80. The van der Waals surface area contributed by atoms with Crippen LogP contribution in [0.1, 0.15) is 46.1 Å². The van der Waals surface area contributed by atoms with Crippen molar-refractivity contribution in [1.82, 2.24) is 14.4 Å². The first-order valence-corrected chi connectivity index (χ1v) is 14.4. The summed E-state index contributed by atoms with van der Waals surface area (Å²) in [4.78, 5) is 30.5. The molecule has 1 saturated heterocycles. The van der Waals surface area contributed by atoms with Gasteiger partial charge in [0.25, 0.3) is 5.56 Å². The highest BCUT2D eigenvalue weighted by Crippen LogP contribution is 2.32. The number of fused-ring (bicyclic) bond motifs is 2. The summed E-state index contributed by atoms with van der Waals surface area (Å²) in [6.45, 7) is 11.5. The Balaban J connectivity index is 1.29. The summed E-state index contributed by atoms with van der Waals surface area (Å²) < 4.78 is 24.5. The molecule has 0 spiro atoms. The predicted molar refractivity (Wildman–Crippen MR) is 158 cm³/mol. The van der Waals surface area contributed by atoms with Crippen molar-refractivity contribution in [3.8, 4) is 17.2 Å². The van der Waals surface area contributed by atoms with Gasteiger partial charge < -0.3 is 28.4 Å². The van der Waals surface area contributed by atoms with Crippen LogP contribution in [-0.4, -0.2) is 71.6 Å². The molecule has 1 fully saturated rings. The molecule has 3 heterocycles. The molecule has 1 aromatic heterocycles. The molecule has 9 heteroatoms. The van der Waals surface area contributed by atoms with E-state index in [-0.39, 0.29) is 23.7 Å². The maximum atomic E-state index is 13.4. The van der Waals surface area contributed by atoms with Crippen molar-refractivity contribution in [3.05, 3.63) is 64.4 Å². The Morgan fingerprint density at radius 2 is 1.73 bits per heavy atom. The highest BCUT2D eigenvalue weighted by atomic mass is 16.6. The van der Waals surface area contributed by atoms with Crippen molar-refractivity contribution in [2.24, 2.45) is 0 Å². The molecule has 0 saturated carbocycles. The third kappa shape index (κ3) is 6.78. The number of hydrogen-bond donors (Lipinski definition) is 0. The Labute approximate surface area is 241 Å². The van der Waals surface area contributed by atoms with E-state index in [1.54, 1.807) is 13.2 Å². The predicted octanol–water partition coefficient (Wildman–Crippen LogP) is 5.07. The van der Waals surface area contributed by atoms with Crippen LogP contribution in [-0.2, 0) is 17.8 Å². The number of likely N-dealkylation sites (tertiary alicyclic amines) is 1. The zero-order chi connectivity index (χ0) is 29.1. The molecular formula is C32H41N3O6. The van der Waals surface area contributed by atoms with Crippen LogP contribution in [0.2, 0.25) is 0 Å². The molecule has 2 aromatic carbocycles. The molecule has 220 valence electrons. The van der Waals surface area contributed by atoms with Crippen molar-refractivity contribution in [2.45, 2.75) is 71.3 Å². The fraction of sp³-hybridized carbons (Fsp3) is 0.500. The van der Waals surface area contributed by atoms with Crippen LogP contribution in [0.15, 0.2) is 53.3 Å². The Morgan fingerprint density at radius 1 is 1.02 bits per heavy atom. The lowest BCUT2D eigenvalue weighted by atomic mass is 10.0. The molecule has 1 unspecified atom stereocenters. The molecule has 0 bridgehead atoms. The Morgan fingerprint density at radius 3 is 2.44 bits per heavy atom. The van der Waals surface area contributed by atoms with Crippen molar-refractivity contribution in [2.75, 3.05) is 33.4 Å². The number of amides is 1. The number of nitrogens with zero attached hydrogens (tertiary/aromatic N) is 3. The van der Waals surface area contributed by atoms with E-state index in [1.165, 1.54) is 0 Å². The maximum Gasteiger partial charge on any atom is 0.410 e. The van der Waals surface area contributed by atoms with E-state index in [0.717, 1.165) is 53.9 Å². The third-order valence-corrected chi connectivity index (χ3v) is 7.80. The molecule has 9 nitrogen and oxygen atoms in total. The average Bonchev–Trinajstić information content (AvgIpc) is 2.96. The summed E-state index contributed by atoms with van der Waals surface area (Å²) in [5.74, 6) is 2.17. The Kier molecular flexibility index (Phi) is 8.45. The van der Waals surface area contributed by atoms with E-state index >= 15 is 0 Å². The lowest BCUT2D eigenvalue weighted by Gasteiger charge is -2.41. The average molecular weight is 564 g/mol. The normalized spacial score (nSPS) is 16.8. The van der Waals surface area contributed by atoms with Gasteiger partial charge in [-0.05, 0) is 81.8 Å². The van der Waals surface area contributed by atoms with Crippen LogP contribution in [0.3, 0.4) is 0 Å². The van der Waals surface area contributed by atoms with Crippen LogP contribution in [0.4, 0.5) is 4.79 Å². The number of ether oxygens (including phenoxy) is 4. The molecule has 0 aliphatic carbocycles. The second-order valence-corrected chi connectivity index (χ2v) is 11.9. The van der Waals surface area contributed by atoms with Crippen LogP contribution >= 0.6 is 0 Å². The third-order valence-electron chi connectivity index (χ3n) is 7.80. The van der Waals surface area contributed by atoms with Gasteiger partial charge in [-0.3, -0.25) is 9.69 Å². The first kappa shape index (κ1) is 28.8. The number of pyridine rings is 1. The van der Waals surface area contributed by atoms with Gasteiger partial charge in [0, 0.05) is 50.4 Å². The smallest absolute Gasteiger partial charge is 0.410 e. The molecule has 1 amide bonds. The second-order valence-electron chi connectivity index (χ2n) is 11.9. The zero-order valence-corrected chi connectivity index (χ0v) is 24.7. The van der Waals surface area contributed by atoms with Gasteiger partial charge in [-0.2, -0.15) is 0 Å². The molecule has 41 heavy (non-hydrogen) atoms. The summed E-state index contributed by atoms with van der Waals surface area (Å²) in [5, 5.41) is 1.00. The van der Waals surface area contributed by atoms with Crippen molar-refractivity contribution < 1.29 is 23.7 Å². The molecule has 3 aromatic rings. The summed E-state index contributed by atoms with van der Waals surface area (Å²) in [6, 6.07) is 15.3. The maximum absolute atomic E-state index is 13.4. The quantitative estimate of drug-likeness (QED) is 0.397. The molecule has 1 atom stereocenters.